The lowest BCUT2D eigenvalue weighted by Crippen LogP contribution is -2.32. The van der Waals surface area contributed by atoms with Crippen molar-refractivity contribution in [3.8, 4) is 5.75 Å². The Hall–Kier alpha value is -3.18. The molecule has 5 heteroatoms. The molecular formula is C22H21FN2O2. The summed E-state index contributed by atoms with van der Waals surface area (Å²) >= 11 is 0. The van der Waals surface area contributed by atoms with Gasteiger partial charge in [0.25, 0.3) is 0 Å². The monoisotopic (exact) mass is 364 g/mol. The lowest BCUT2D eigenvalue weighted by Gasteiger charge is -2.19. The minimum absolute atomic E-state index is 0.173. The van der Waals surface area contributed by atoms with Crippen molar-refractivity contribution in [1.29, 1.82) is 0 Å². The van der Waals surface area contributed by atoms with Crippen LogP contribution in [-0.2, 0) is 11.3 Å². The second kappa shape index (κ2) is 8.96. The van der Waals surface area contributed by atoms with Crippen molar-refractivity contribution in [2.45, 2.75) is 12.6 Å². The maximum Gasteiger partial charge on any atom is 0.246 e. The summed E-state index contributed by atoms with van der Waals surface area (Å²) < 4.78 is 18.2. The number of amides is 1. The highest BCUT2D eigenvalue weighted by molar-refractivity contribution is 5.95. The summed E-state index contributed by atoms with van der Waals surface area (Å²) in [6.45, 7) is 0.440. The first-order valence-corrected chi connectivity index (χ1v) is 8.63. The van der Waals surface area contributed by atoms with Gasteiger partial charge in [0.1, 0.15) is 17.6 Å². The first kappa shape index (κ1) is 18.6. The molecule has 0 heterocycles. The molecule has 3 aromatic carbocycles. The smallest absolute Gasteiger partial charge is 0.246 e. The predicted molar refractivity (Wildman–Crippen MR) is 104 cm³/mol. The molecule has 138 valence electrons. The fourth-order valence-corrected chi connectivity index (χ4v) is 2.72. The maximum atomic E-state index is 13.1. The van der Waals surface area contributed by atoms with Gasteiger partial charge >= 0.3 is 0 Å². The zero-order valence-corrected chi connectivity index (χ0v) is 15.0. The summed E-state index contributed by atoms with van der Waals surface area (Å²) in [5.74, 6) is 0.270. The minimum Gasteiger partial charge on any atom is -0.497 e. The molecule has 0 saturated heterocycles. The van der Waals surface area contributed by atoms with E-state index in [1.165, 1.54) is 12.1 Å². The van der Waals surface area contributed by atoms with E-state index in [0.717, 1.165) is 16.9 Å². The van der Waals surface area contributed by atoms with Gasteiger partial charge in [-0.25, -0.2) is 4.39 Å². The molecule has 1 amide bonds. The van der Waals surface area contributed by atoms with E-state index in [-0.39, 0.29) is 11.7 Å². The average Bonchev–Trinajstić information content (AvgIpc) is 2.71. The molecule has 0 aliphatic heterocycles. The van der Waals surface area contributed by atoms with Crippen molar-refractivity contribution in [3.63, 3.8) is 0 Å². The van der Waals surface area contributed by atoms with Crippen LogP contribution in [0.4, 0.5) is 10.1 Å². The molecule has 1 atom stereocenters. The summed E-state index contributed by atoms with van der Waals surface area (Å²) in [6, 6.07) is 22.3. The molecule has 0 aliphatic carbocycles. The van der Waals surface area contributed by atoms with Gasteiger partial charge in [-0.15, -0.1) is 0 Å². The summed E-state index contributed by atoms with van der Waals surface area (Å²) in [4.78, 5) is 12.9. The van der Waals surface area contributed by atoms with Crippen molar-refractivity contribution < 1.29 is 13.9 Å². The highest BCUT2D eigenvalue weighted by atomic mass is 19.1. The molecule has 3 rings (SSSR count). The number of carbonyl (C=O) groups excluding carboxylic acids is 1. The first-order chi connectivity index (χ1) is 13.2. The van der Waals surface area contributed by atoms with E-state index < -0.39 is 6.04 Å². The molecule has 27 heavy (non-hydrogen) atoms. The molecule has 2 N–H and O–H groups in total. The van der Waals surface area contributed by atoms with Crippen molar-refractivity contribution >= 4 is 11.6 Å². The Morgan fingerprint density at radius 1 is 0.963 bits per heavy atom. The SMILES string of the molecule is COc1ccc(NC(=O)C(NCc2ccc(F)cc2)c2ccccc2)cc1. The standard InChI is InChI=1S/C22H21FN2O2/c1-27-20-13-11-19(12-14-20)25-22(26)21(17-5-3-2-4-6-17)24-15-16-7-9-18(23)10-8-16/h2-14,21,24H,15H2,1H3,(H,25,26). The number of benzene rings is 3. The van der Waals surface area contributed by atoms with E-state index in [4.69, 9.17) is 4.74 Å². The Labute approximate surface area is 158 Å². The lowest BCUT2D eigenvalue weighted by atomic mass is 10.1. The third-order valence-electron chi connectivity index (χ3n) is 4.18. The molecule has 0 aliphatic rings. The van der Waals surface area contributed by atoms with Gasteiger partial charge in [0, 0.05) is 12.2 Å². The highest BCUT2D eigenvalue weighted by Gasteiger charge is 2.20. The number of carbonyl (C=O) groups is 1. The number of halogens is 1. The number of nitrogens with one attached hydrogen (secondary N) is 2. The van der Waals surface area contributed by atoms with Crippen molar-refractivity contribution in [1.82, 2.24) is 5.32 Å². The van der Waals surface area contributed by atoms with Gasteiger partial charge in [0.05, 0.1) is 7.11 Å². The van der Waals surface area contributed by atoms with Crippen LogP contribution in [0.15, 0.2) is 78.9 Å². The first-order valence-electron chi connectivity index (χ1n) is 8.63. The Bertz CT molecular complexity index is 865. The molecule has 0 aromatic heterocycles. The molecule has 3 aromatic rings. The van der Waals surface area contributed by atoms with Crippen LogP contribution in [0.1, 0.15) is 17.2 Å². The fourth-order valence-electron chi connectivity index (χ4n) is 2.72. The number of ether oxygens (including phenoxy) is 1. The van der Waals surface area contributed by atoms with Gasteiger partial charge < -0.3 is 10.1 Å². The Kier molecular flexibility index (Phi) is 6.18. The molecule has 4 nitrogen and oxygen atoms in total. The van der Waals surface area contributed by atoms with Crippen LogP contribution >= 0.6 is 0 Å². The van der Waals surface area contributed by atoms with Gasteiger partial charge in [0.2, 0.25) is 5.91 Å². The van der Waals surface area contributed by atoms with Crippen molar-refractivity contribution in [2.24, 2.45) is 0 Å². The number of rotatable bonds is 7. The molecule has 0 saturated carbocycles. The quantitative estimate of drug-likeness (QED) is 0.657. The predicted octanol–water partition coefficient (Wildman–Crippen LogP) is 4.30. The highest BCUT2D eigenvalue weighted by Crippen LogP contribution is 2.19. The molecule has 0 radical (unpaired) electrons. The van der Waals surface area contributed by atoms with Crippen molar-refractivity contribution in [3.05, 3.63) is 95.8 Å². The lowest BCUT2D eigenvalue weighted by molar-refractivity contribution is -0.118. The number of anilines is 1. The van der Waals surface area contributed by atoms with Gasteiger partial charge in [-0.1, -0.05) is 42.5 Å². The van der Waals surface area contributed by atoms with Gasteiger partial charge in [0.15, 0.2) is 0 Å². The van der Waals surface area contributed by atoms with Crippen LogP contribution in [0.25, 0.3) is 0 Å². The molecule has 0 bridgehead atoms. The summed E-state index contributed by atoms with van der Waals surface area (Å²) in [5, 5.41) is 6.18. The molecule has 0 spiro atoms. The van der Waals surface area contributed by atoms with Crippen LogP contribution in [0, 0.1) is 5.82 Å². The second-order valence-corrected chi connectivity index (χ2v) is 6.07. The van der Waals surface area contributed by atoms with E-state index in [1.54, 1.807) is 43.5 Å². The zero-order chi connectivity index (χ0) is 19.1. The van der Waals surface area contributed by atoms with E-state index in [1.807, 2.05) is 30.3 Å². The zero-order valence-electron chi connectivity index (χ0n) is 15.0. The number of hydrogen-bond donors (Lipinski definition) is 2. The second-order valence-electron chi connectivity index (χ2n) is 6.07. The normalized spacial score (nSPS) is 11.6. The average molecular weight is 364 g/mol. The topological polar surface area (TPSA) is 50.4 Å². The number of hydrogen-bond acceptors (Lipinski definition) is 3. The van der Waals surface area contributed by atoms with Crippen LogP contribution in [-0.4, -0.2) is 13.0 Å². The summed E-state index contributed by atoms with van der Waals surface area (Å²) in [7, 11) is 1.60. The van der Waals surface area contributed by atoms with Crippen LogP contribution in [0.3, 0.4) is 0 Å². The van der Waals surface area contributed by atoms with Crippen LogP contribution in [0.5, 0.6) is 5.75 Å². The minimum atomic E-state index is -0.543. The van der Waals surface area contributed by atoms with E-state index in [9.17, 15) is 9.18 Å². The molecule has 1 unspecified atom stereocenters. The summed E-state index contributed by atoms with van der Waals surface area (Å²) in [5.41, 5.74) is 2.44. The van der Waals surface area contributed by atoms with E-state index in [0.29, 0.717) is 12.2 Å². The van der Waals surface area contributed by atoms with Gasteiger partial charge in [-0.2, -0.15) is 0 Å². The van der Waals surface area contributed by atoms with E-state index >= 15 is 0 Å². The fraction of sp³-hybridized carbons (Fsp3) is 0.136. The third kappa shape index (κ3) is 5.15. The largest absolute Gasteiger partial charge is 0.497 e. The van der Waals surface area contributed by atoms with Gasteiger partial charge in [-0.3, -0.25) is 10.1 Å². The van der Waals surface area contributed by atoms with Gasteiger partial charge in [-0.05, 0) is 47.5 Å². The third-order valence-corrected chi connectivity index (χ3v) is 4.18. The van der Waals surface area contributed by atoms with Crippen LogP contribution in [0.2, 0.25) is 0 Å². The summed E-state index contributed by atoms with van der Waals surface area (Å²) in [6.07, 6.45) is 0. The molecule has 0 fully saturated rings. The Balaban J connectivity index is 1.74. The number of methoxy groups -OCH3 is 1. The van der Waals surface area contributed by atoms with Crippen molar-refractivity contribution in [2.75, 3.05) is 12.4 Å². The Morgan fingerprint density at radius 2 is 1.63 bits per heavy atom. The maximum absolute atomic E-state index is 13.1. The molecular weight excluding hydrogens is 343 g/mol. The van der Waals surface area contributed by atoms with Crippen LogP contribution < -0.4 is 15.4 Å². The van der Waals surface area contributed by atoms with E-state index in [2.05, 4.69) is 10.6 Å². The Morgan fingerprint density at radius 3 is 2.26 bits per heavy atom.